The van der Waals surface area contributed by atoms with Crippen LogP contribution in [-0.2, 0) is 10.0 Å². The van der Waals surface area contributed by atoms with Gasteiger partial charge in [0, 0.05) is 6.04 Å². The molecule has 1 saturated heterocycles. The maximum atomic E-state index is 13.1. The number of hydrogen-bond donors (Lipinski definition) is 2. The average Bonchev–Trinajstić information content (AvgIpc) is 2.85. The van der Waals surface area contributed by atoms with Gasteiger partial charge in [0.2, 0.25) is 10.0 Å². The highest BCUT2D eigenvalue weighted by Crippen LogP contribution is 2.17. The van der Waals surface area contributed by atoms with Crippen LogP contribution in [0.25, 0.3) is 0 Å². The highest BCUT2D eigenvalue weighted by Gasteiger charge is 2.26. The van der Waals surface area contributed by atoms with Gasteiger partial charge in [-0.1, -0.05) is 0 Å². The van der Waals surface area contributed by atoms with Crippen molar-refractivity contribution in [2.24, 2.45) is 5.92 Å². The van der Waals surface area contributed by atoms with Crippen molar-refractivity contribution in [3.05, 3.63) is 29.8 Å². The van der Waals surface area contributed by atoms with Gasteiger partial charge in [0.05, 0.1) is 4.90 Å². The second-order valence-corrected chi connectivity index (χ2v) is 6.45. The molecule has 1 aliphatic heterocycles. The Morgan fingerprint density at radius 2 is 2.11 bits per heavy atom. The van der Waals surface area contributed by atoms with Gasteiger partial charge in [0.1, 0.15) is 0 Å². The van der Waals surface area contributed by atoms with Crippen LogP contribution in [0.15, 0.2) is 23.1 Å². The van der Waals surface area contributed by atoms with Crippen molar-refractivity contribution < 1.29 is 17.2 Å². The molecule has 0 bridgehead atoms. The first-order valence-electron chi connectivity index (χ1n) is 6.08. The zero-order chi connectivity index (χ0) is 14.0. The summed E-state index contributed by atoms with van der Waals surface area (Å²) in [7, 11) is -3.82. The first-order valence-corrected chi connectivity index (χ1v) is 7.56. The first kappa shape index (κ1) is 14.4. The molecule has 4 nitrogen and oxygen atoms in total. The number of halogens is 2. The Kier molecular flexibility index (Phi) is 4.17. The maximum Gasteiger partial charge on any atom is 0.240 e. The summed E-state index contributed by atoms with van der Waals surface area (Å²) in [5.74, 6) is -2.02. The molecule has 2 atom stereocenters. The second-order valence-electron chi connectivity index (χ2n) is 4.74. The molecule has 1 heterocycles. The van der Waals surface area contributed by atoms with Gasteiger partial charge in [0.25, 0.3) is 0 Å². The van der Waals surface area contributed by atoms with Crippen LogP contribution < -0.4 is 10.0 Å². The van der Waals surface area contributed by atoms with Gasteiger partial charge in [-0.15, -0.1) is 0 Å². The van der Waals surface area contributed by atoms with Crippen LogP contribution in [-0.4, -0.2) is 27.5 Å². The predicted octanol–water partition coefficient (Wildman–Crippen LogP) is 1.24. The topological polar surface area (TPSA) is 58.2 Å². The molecule has 2 unspecified atom stereocenters. The highest BCUT2D eigenvalue weighted by molar-refractivity contribution is 7.89. The maximum absolute atomic E-state index is 13.1. The molecule has 0 radical (unpaired) electrons. The quantitative estimate of drug-likeness (QED) is 0.877. The van der Waals surface area contributed by atoms with Crippen LogP contribution in [0.3, 0.4) is 0 Å². The third-order valence-corrected chi connectivity index (χ3v) is 4.90. The number of nitrogens with one attached hydrogen (secondary N) is 2. The molecular weight excluding hydrogens is 274 g/mol. The largest absolute Gasteiger partial charge is 0.316 e. The van der Waals surface area contributed by atoms with Gasteiger partial charge < -0.3 is 5.32 Å². The van der Waals surface area contributed by atoms with Crippen molar-refractivity contribution in [2.45, 2.75) is 24.3 Å². The number of rotatable bonds is 4. The molecule has 1 aromatic rings. The number of benzene rings is 1. The van der Waals surface area contributed by atoms with E-state index in [1.54, 1.807) is 6.92 Å². The summed E-state index contributed by atoms with van der Waals surface area (Å²) in [6.07, 6.45) is 0.890. The Bertz CT molecular complexity index is 557. The van der Waals surface area contributed by atoms with Gasteiger partial charge in [-0.3, -0.25) is 0 Å². The number of sulfonamides is 1. The van der Waals surface area contributed by atoms with Crippen LogP contribution in [0.4, 0.5) is 8.78 Å². The van der Waals surface area contributed by atoms with Crippen molar-refractivity contribution in [1.82, 2.24) is 10.0 Å². The lowest BCUT2D eigenvalue weighted by Crippen LogP contribution is -2.38. The molecule has 2 N–H and O–H groups in total. The van der Waals surface area contributed by atoms with E-state index >= 15 is 0 Å². The van der Waals surface area contributed by atoms with Gasteiger partial charge in [-0.25, -0.2) is 21.9 Å². The van der Waals surface area contributed by atoms with Crippen LogP contribution in [0.5, 0.6) is 0 Å². The molecule has 0 spiro atoms. The van der Waals surface area contributed by atoms with Crippen molar-refractivity contribution in [3.63, 3.8) is 0 Å². The minimum atomic E-state index is -3.82. The third kappa shape index (κ3) is 3.29. The monoisotopic (exact) mass is 290 g/mol. The summed E-state index contributed by atoms with van der Waals surface area (Å²) < 4.78 is 52.5. The van der Waals surface area contributed by atoms with Crippen molar-refractivity contribution in [1.29, 1.82) is 0 Å². The Hall–Kier alpha value is -1.05. The molecule has 0 aromatic heterocycles. The number of hydrogen-bond acceptors (Lipinski definition) is 3. The molecule has 106 valence electrons. The molecule has 1 aliphatic rings. The van der Waals surface area contributed by atoms with Crippen LogP contribution in [0.2, 0.25) is 0 Å². The molecular formula is C12H16F2N2O2S. The fourth-order valence-electron chi connectivity index (χ4n) is 2.16. The second kappa shape index (κ2) is 5.52. The van der Waals surface area contributed by atoms with E-state index in [0.717, 1.165) is 31.6 Å². The molecule has 7 heteroatoms. The molecule has 0 aliphatic carbocycles. The normalized spacial score (nSPS) is 21.5. The minimum absolute atomic E-state index is 0.208. The summed E-state index contributed by atoms with van der Waals surface area (Å²) in [6.45, 7) is 3.39. The fourth-order valence-corrected chi connectivity index (χ4v) is 3.48. The predicted molar refractivity (Wildman–Crippen MR) is 67.1 cm³/mol. The minimum Gasteiger partial charge on any atom is -0.316 e. The summed E-state index contributed by atoms with van der Waals surface area (Å²) in [6, 6.07) is 2.30. The van der Waals surface area contributed by atoms with Crippen molar-refractivity contribution >= 4 is 10.0 Å². The zero-order valence-electron chi connectivity index (χ0n) is 10.5. The smallest absolute Gasteiger partial charge is 0.240 e. The molecule has 0 amide bonds. The lowest BCUT2D eigenvalue weighted by Gasteiger charge is -2.19. The van der Waals surface area contributed by atoms with E-state index in [1.807, 2.05) is 0 Å². The van der Waals surface area contributed by atoms with E-state index in [4.69, 9.17) is 0 Å². The van der Waals surface area contributed by atoms with Gasteiger partial charge in [-0.2, -0.15) is 0 Å². The molecule has 1 fully saturated rings. The van der Waals surface area contributed by atoms with E-state index < -0.39 is 21.7 Å². The Morgan fingerprint density at radius 1 is 1.37 bits per heavy atom. The van der Waals surface area contributed by atoms with E-state index in [0.29, 0.717) is 6.07 Å². The van der Waals surface area contributed by atoms with Crippen LogP contribution >= 0.6 is 0 Å². The van der Waals surface area contributed by atoms with Crippen molar-refractivity contribution in [3.8, 4) is 0 Å². The van der Waals surface area contributed by atoms with E-state index in [2.05, 4.69) is 10.0 Å². The Labute approximate surface area is 111 Å². The lowest BCUT2D eigenvalue weighted by molar-refractivity contribution is 0.444. The van der Waals surface area contributed by atoms with E-state index in [1.165, 1.54) is 0 Å². The van der Waals surface area contributed by atoms with Crippen LogP contribution in [0, 0.1) is 17.6 Å². The zero-order valence-corrected chi connectivity index (χ0v) is 11.3. The van der Waals surface area contributed by atoms with Gasteiger partial charge in [0.15, 0.2) is 11.6 Å². The van der Waals surface area contributed by atoms with Crippen molar-refractivity contribution in [2.75, 3.05) is 13.1 Å². The summed E-state index contributed by atoms with van der Waals surface area (Å²) in [5, 5.41) is 3.15. The Balaban J connectivity index is 2.15. The van der Waals surface area contributed by atoms with Gasteiger partial charge in [-0.05, 0) is 50.6 Å². The van der Waals surface area contributed by atoms with E-state index in [9.17, 15) is 17.2 Å². The average molecular weight is 290 g/mol. The third-order valence-electron chi connectivity index (χ3n) is 3.35. The SMILES string of the molecule is CC(NS(=O)(=O)c1ccc(F)c(F)c1)C1CCNC1. The lowest BCUT2D eigenvalue weighted by atomic mass is 10.0. The highest BCUT2D eigenvalue weighted by atomic mass is 32.2. The van der Waals surface area contributed by atoms with Crippen LogP contribution in [0.1, 0.15) is 13.3 Å². The molecule has 0 saturated carbocycles. The van der Waals surface area contributed by atoms with Gasteiger partial charge >= 0.3 is 0 Å². The summed E-state index contributed by atoms with van der Waals surface area (Å²) in [5.41, 5.74) is 0. The molecule has 2 rings (SSSR count). The summed E-state index contributed by atoms with van der Waals surface area (Å²) in [4.78, 5) is -0.260. The molecule has 1 aromatic carbocycles. The molecule has 19 heavy (non-hydrogen) atoms. The Morgan fingerprint density at radius 3 is 2.68 bits per heavy atom. The summed E-state index contributed by atoms with van der Waals surface area (Å²) >= 11 is 0. The standard InChI is InChI=1S/C12H16F2N2O2S/c1-8(9-4-5-15-7-9)16-19(17,18)10-2-3-11(13)12(14)6-10/h2-3,6,8-9,15-16H,4-5,7H2,1H3. The fraction of sp³-hybridized carbons (Fsp3) is 0.500. The van der Waals surface area contributed by atoms with E-state index in [-0.39, 0.29) is 16.9 Å². The first-order chi connectivity index (χ1) is 8.90.